The lowest BCUT2D eigenvalue weighted by molar-refractivity contribution is -0.139. The van der Waals surface area contributed by atoms with Gasteiger partial charge in [-0.25, -0.2) is 0 Å². The normalized spacial score (nSPS) is 15.1. The van der Waals surface area contributed by atoms with Crippen LogP contribution in [0.2, 0.25) is 5.02 Å². The highest BCUT2D eigenvalue weighted by Gasteiger charge is 2.30. The zero-order chi connectivity index (χ0) is 23.6. The Hall–Kier alpha value is -1.98. The fourth-order valence-corrected chi connectivity index (χ4v) is 5.61. The maximum atomic E-state index is 13.4. The molecule has 1 saturated carbocycles. The van der Waals surface area contributed by atoms with E-state index in [1.54, 1.807) is 4.90 Å². The molecule has 0 radical (unpaired) electrons. The lowest BCUT2D eigenvalue weighted by Gasteiger charge is -2.33. The van der Waals surface area contributed by atoms with Crippen LogP contribution in [0.3, 0.4) is 0 Å². The van der Waals surface area contributed by atoms with E-state index < -0.39 is 6.04 Å². The smallest absolute Gasteiger partial charge is 0.243 e. The summed E-state index contributed by atoms with van der Waals surface area (Å²) in [6.07, 6.45) is 6.21. The molecule has 0 bridgehead atoms. The summed E-state index contributed by atoms with van der Waals surface area (Å²) in [6, 6.07) is 15.6. The first-order valence-corrected chi connectivity index (χ1v) is 13.5. The van der Waals surface area contributed by atoms with Crippen LogP contribution < -0.4 is 5.32 Å². The number of carbonyl (C=O) groups is 2. The number of hydrogen-bond donors (Lipinski definition) is 1. The second-order valence-electron chi connectivity index (χ2n) is 8.86. The highest BCUT2D eigenvalue weighted by Crippen LogP contribution is 2.23. The largest absolute Gasteiger partial charge is 0.352 e. The Morgan fingerprint density at radius 1 is 1.12 bits per heavy atom. The molecule has 1 atom stereocenters. The van der Waals surface area contributed by atoms with Crippen molar-refractivity contribution >= 4 is 35.2 Å². The molecule has 1 N–H and O–H groups in total. The van der Waals surface area contributed by atoms with Crippen molar-refractivity contribution < 1.29 is 9.59 Å². The van der Waals surface area contributed by atoms with Crippen molar-refractivity contribution in [2.24, 2.45) is 0 Å². The van der Waals surface area contributed by atoms with Crippen LogP contribution in [0, 0.1) is 6.92 Å². The maximum absolute atomic E-state index is 13.4. The van der Waals surface area contributed by atoms with Crippen LogP contribution in [-0.2, 0) is 21.9 Å². The number of rotatable bonds is 10. The minimum absolute atomic E-state index is 0.0146. The van der Waals surface area contributed by atoms with Crippen molar-refractivity contribution in [3.05, 3.63) is 70.2 Å². The van der Waals surface area contributed by atoms with Gasteiger partial charge in [-0.2, -0.15) is 0 Å². The average Bonchev–Trinajstić information content (AvgIpc) is 2.81. The Bertz CT molecular complexity index is 930. The number of thioether (sulfide) groups is 1. The van der Waals surface area contributed by atoms with Gasteiger partial charge in [0.1, 0.15) is 6.04 Å². The molecular formula is C27H35ClN2O2S. The summed E-state index contributed by atoms with van der Waals surface area (Å²) in [7, 11) is 0. The molecule has 0 heterocycles. The SMILES string of the molecule is CC[C@H](C(=O)NC1CCCCC1)N(Cc1cccc(C)c1)C(=O)CSCc1ccccc1Cl. The van der Waals surface area contributed by atoms with Gasteiger partial charge >= 0.3 is 0 Å². The van der Waals surface area contributed by atoms with E-state index in [1.807, 2.05) is 56.3 Å². The molecular weight excluding hydrogens is 452 g/mol. The Labute approximate surface area is 207 Å². The summed E-state index contributed by atoms with van der Waals surface area (Å²) in [5.41, 5.74) is 3.21. The number of carbonyl (C=O) groups excluding carboxylic acids is 2. The van der Waals surface area contributed by atoms with Gasteiger partial charge in [0.25, 0.3) is 0 Å². The van der Waals surface area contributed by atoms with Gasteiger partial charge in [-0.15, -0.1) is 11.8 Å². The van der Waals surface area contributed by atoms with Gasteiger partial charge in [0, 0.05) is 23.4 Å². The molecule has 178 valence electrons. The van der Waals surface area contributed by atoms with Crippen LogP contribution in [0.25, 0.3) is 0 Å². The molecule has 0 spiro atoms. The highest BCUT2D eigenvalue weighted by atomic mass is 35.5. The summed E-state index contributed by atoms with van der Waals surface area (Å²) in [5, 5.41) is 3.95. The highest BCUT2D eigenvalue weighted by molar-refractivity contribution is 7.99. The molecule has 6 heteroatoms. The zero-order valence-corrected chi connectivity index (χ0v) is 21.3. The molecule has 4 nitrogen and oxygen atoms in total. The lowest BCUT2D eigenvalue weighted by Crippen LogP contribution is -2.52. The predicted molar refractivity (Wildman–Crippen MR) is 138 cm³/mol. The summed E-state index contributed by atoms with van der Waals surface area (Å²) >= 11 is 7.81. The van der Waals surface area contributed by atoms with Gasteiger partial charge < -0.3 is 10.2 Å². The summed E-state index contributed by atoms with van der Waals surface area (Å²) in [4.78, 5) is 28.4. The van der Waals surface area contributed by atoms with Crippen molar-refractivity contribution in [1.29, 1.82) is 0 Å². The first-order chi connectivity index (χ1) is 16.0. The van der Waals surface area contributed by atoms with Crippen LogP contribution >= 0.6 is 23.4 Å². The molecule has 1 fully saturated rings. The molecule has 0 aromatic heterocycles. The summed E-state index contributed by atoms with van der Waals surface area (Å²) in [6.45, 7) is 4.46. The number of hydrogen-bond acceptors (Lipinski definition) is 3. The van der Waals surface area contributed by atoms with E-state index in [1.165, 1.54) is 18.2 Å². The minimum atomic E-state index is -0.471. The van der Waals surface area contributed by atoms with E-state index in [0.717, 1.165) is 42.4 Å². The fourth-order valence-electron chi connectivity index (χ4n) is 4.42. The van der Waals surface area contributed by atoms with Gasteiger partial charge in [0.05, 0.1) is 5.75 Å². The third kappa shape index (κ3) is 7.79. The van der Waals surface area contributed by atoms with E-state index >= 15 is 0 Å². The number of benzene rings is 2. The second-order valence-corrected chi connectivity index (χ2v) is 10.3. The van der Waals surface area contributed by atoms with Crippen LogP contribution in [0.15, 0.2) is 48.5 Å². The topological polar surface area (TPSA) is 49.4 Å². The number of amides is 2. The van der Waals surface area contributed by atoms with Gasteiger partial charge in [-0.05, 0) is 43.4 Å². The standard InChI is InChI=1S/C27H35ClN2O2S/c1-3-25(27(32)29-23-13-5-4-6-14-23)30(17-21-11-9-10-20(2)16-21)26(31)19-33-18-22-12-7-8-15-24(22)28/h7-12,15-16,23,25H,3-6,13-14,17-19H2,1-2H3,(H,29,32)/t25-/m1/s1. The number of aryl methyl sites for hydroxylation is 1. The van der Waals surface area contributed by atoms with Gasteiger partial charge in [-0.3, -0.25) is 9.59 Å². The Morgan fingerprint density at radius 3 is 2.58 bits per heavy atom. The number of halogens is 1. The average molecular weight is 487 g/mol. The van der Waals surface area contributed by atoms with E-state index in [-0.39, 0.29) is 17.9 Å². The first kappa shape index (κ1) is 25.6. The molecule has 1 aliphatic rings. The number of nitrogens with one attached hydrogen (secondary N) is 1. The molecule has 33 heavy (non-hydrogen) atoms. The van der Waals surface area contributed by atoms with Crippen LogP contribution in [-0.4, -0.2) is 34.6 Å². The predicted octanol–water partition coefficient (Wildman–Crippen LogP) is 6.14. The lowest BCUT2D eigenvalue weighted by atomic mass is 9.95. The van der Waals surface area contributed by atoms with Gasteiger partial charge in [0.2, 0.25) is 11.8 Å². The molecule has 2 aromatic carbocycles. The molecule has 0 aliphatic heterocycles. The Balaban J connectivity index is 1.71. The second kappa shape index (κ2) is 13.0. The molecule has 0 unspecified atom stereocenters. The third-order valence-electron chi connectivity index (χ3n) is 6.21. The van der Waals surface area contributed by atoms with E-state index in [4.69, 9.17) is 11.6 Å². The van der Waals surface area contributed by atoms with Gasteiger partial charge in [-0.1, -0.05) is 85.8 Å². The van der Waals surface area contributed by atoms with Crippen LogP contribution in [0.5, 0.6) is 0 Å². The quantitative estimate of drug-likeness (QED) is 0.439. The Morgan fingerprint density at radius 2 is 1.88 bits per heavy atom. The zero-order valence-electron chi connectivity index (χ0n) is 19.7. The van der Waals surface area contributed by atoms with Crippen LogP contribution in [0.1, 0.15) is 62.1 Å². The molecule has 2 amide bonds. The first-order valence-electron chi connectivity index (χ1n) is 11.9. The Kier molecular flexibility index (Phi) is 10.1. The van der Waals surface area contributed by atoms with Crippen molar-refractivity contribution in [3.63, 3.8) is 0 Å². The van der Waals surface area contributed by atoms with Crippen molar-refractivity contribution in [2.75, 3.05) is 5.75 Å². The number of nitrogens with zero attached hydrogens (tertiary/aromatic N) is 1. The third-order valence-corrected chi connectivity index (χ3v) is 7.55. The molecule has 2 aromatic rings. The van der Waals surface area contributed by atoms with E-state index in [9.17, 15) is 9.59 Å². The minimum Gasteiger partial charge on any atom is -0.352 e. The monoisotopic (exact) mass is 486 g/mol. The maximum Gasteiger partial charge on any atom is 0.243 e. The van der Waals surface area contributed by atoms with Crippen molar-refractivity contribution in [1.82, 2.24) is 10.2 Å². The van der Waals surface area contributed by atoms with Gasteiger partial charge in [0.15, 0.2) is 0 Å². The van der Waals surface area contributed by atoms with Crippen molar-refractivity contribution in [3.8, 4) is 0 Å². The summed E-state index contributed by atoms with van der Waals surface area (Å²) in [5.74, 6) is 0.930. The fraction of sp³-hybridized carbons (Fsp3) is 0.481. The van der Waals surface area contributed by atoms with Crippen molar-refractivity contribution in [2.45, 2.75) is 76.8 Å². The van der Waals surface area contributed by atoms with E-state index in [0.29, 0.717) is 29.5 Å². The molecule has 1 aliphatic carbocycles. The van der Waals surface area contributed by atoms with E-state index in [2.05, 4.69) is 11.4 Å². The molecule has 3 rings (SSSR count). The summed E-state index contributed by atoms with van der Waals surface area (Å²) < 4.78 is 0. The molecule has 0 saturated heterocycles. The van der Waals surface area contributed by atoms with Crippen LogP contribution in [0.4, 0.5) is 0 Å².